The monoisotopic (exact) mass is 248 g/mol. The molecule has 0 amide bonds. The van der Waals surface area contributed by atoms with Gasteiger partial charge in [0.05, 0.1) is 6.10 Å². The fourth-order valence-electron chi connectivity index (χ4n) is 2.04. The highest BCUT2D eigenvalue weighted by Gasteiger charge is 2.11. The topological polar surface area (TPSA) is 38.0 Å². The Kier molecular flexibility index (Phi) is 4.10. The summed E-state index contributed by atoms with van der Waals surface area (Å²) in [5.74, 6) is 0.594. The van der Waals surface area contributed by atoms with Gasteiger partial charge in [0.25, 0.3) is 0 Å². The maximum absolute atomic E-state index is 13.0. The maximum Gasteiger partial charge on any atom is 0.123 e. The van der Waals surface area contributed by atoms with Crippen molar-refractivity contribution in [1.82, 2.24) is 9.55 Å². The first kappa shape index (κ1) is 12.8. The van der Waals surface area contributed by atoms with Crippen molar-refractivity contribution in [3.05, 3.63) is 53.9 Å². The lowest BCUT2D eigenvalue weighted by Crippen LogP contribution is -2.17. The predicted octanol–water partition coefficient (Wildman–Crippen LogP) is 2.19. The zero-order valence-electron chi connectivity index (χ0n) is 10.4. The Balaban J connectivity index is 1.98. The van der Waals surface area contributed by atoms with Gasteiger partial charge in [-0.3, -0.25) is 0 Å². The van der Waals surface area contributed by atoms with E-state index in [0.717, 1.165) is 17.9 Å². The third-order valence-electron chi connectivity index (χ3n) is 2.92. The summed E-state index contributed by atoms with van der Waals surface area (Å²) < 4.78 is 15.0. The molecule has 0 saturated heterocycles. The molecule has 1 aromatic heterocycles. The summed E-state index contributed by atoms with van der Waals surface area (Å²) in [6, 6.07) is 6.33. The van der Waals surface area contributed by atoms with Crippen molar-refractivity contribution in [3.63, 3.8) is 0 Å². The lowest BCUT2D eigenvalue weighted by molar-refractivity contribution is 0.171. The molecule has 0 radical (unpaired) electrons. The first-order chi connectivity index (χ1) is 8.69. The number of rotatable bonds is 5. The standard InChI is InChI=1S/C14H17FN2O/c1-2-17-7-6-16-14(17)10-13(18)9-11-4-3-5-12(15)8-11/h3-8,13,18H,2,9-10H2,1H3. The highest BCUT2D eigenvalue weighted by molar-refractivity contribution is 5.17. The van der Waals surface area contributed by atoms with E-state index in [1.807, 2.05) is 23.8 Å². The fourth-order valence-corrected chi connectivity index (χ4v) is 2.04. The molecule has 18 heavy (non-hydrogen) atoms. The summed E-state index contributed by atoms with van der Waals surface area (Å²) in [4.78, 5) is 4.22. The molecular formula is C14H17FN2O. The summed E-state index contributed by atoms with van der Waals surface area (Å²) in [6.07, 6.45) is 4.00. The van der Waals surface area contributed by atoms with Gasteiger partial charge in [0.1, 0.15) is 11.6 Å². The second kappa shape index (κ2) is 5.78. The van der Waals surface area contributed by atoms with Crippen LogP contribution in [0, 0.1) is 5.82 Å². The predicted molar refractivity (Wildman–Crippen MR) is 67.7 cm³/mol. The van der Waals surface area contributed by atoms with E-state index in [9.17, 15) is 9.50 Å². The Morgan fingerprint density at radius 1 is 1.39 bits per heavy atom. The van der Waals surface area contributed by atoms with Crippen molar-refractivity contribution in [2.75, 3.05) is 0 Å². The highest BCUT2D eigenvalue weighted by atomic mass is 19.1. The van der Waals surface area contributed by atoms with Crippen molar-refractivity contribution in [2.45, 2.75) is 32.4 Å². The summed E-state index contributed by atoms with van der Waals surface area (Å²) >= 11 is 0. The van der Waals surface area contributed by atoms with Crippen LogP contribution in [-0.4, -0.2) is 20.8 Å². The SMILES string of the molecule is CCn1ccnc1CC(O)Cc1cccc(F)c1. The molecule has 1 atom stereocenters. The van der Waals surface area contributed by atoms with E-state index in [1.54, 1.807) is 12.3 Å². The van der Waals surface area contributed by atoms with E-state index < -0.39 is 6.10 Å². The van der Waals surface area contributed by atoms with E-state index in [1.165, 1.54) is 12.1 Å². The van der Waals surface area contributed by atoms with E-state index in [2.05, 4.69) is 4.98 Å². The smallest absolute Gasteiger partial charge is 0.123 e. The molecule has 0 fully saturated rings. The molecule has 0 saturated carbocycles. The van der Waals surface area contributed by atoms with Crippen LogP contribution in [0.25, 0.3) is 0 Å². The number of aryl methyl sites for hydroxylation is 1. The molecule has 3 nitrogen and oxygen atoms in total. The first-order valence-corrected chi connectivity index (χ1v) is 6.11. The Bertz CT molecular complexity index is 510. The highest BCUT2D eigenvalue weighted by Crippen LogP contribution is 2.10. The van der Waals surface area contributed by atoms with Crippen LogP contribution in [0.15, 0.2) is 36.7 Å². The van der Waals surface area contributed by atoms with Gasteiger partial charge in [-0.2, -0.15) is 0 Å². The molecule has 0 aliphatic carbocycles. The van der Waals surface area contributed by atoms with Crippen molar-refractivity contribution in [3.8, 4) is 0 Å². The summed E-state index contributed by atoms with van der Waals surface area (Å²) in [6.45, 7) is 2.87. The molecule has 96 valence electrons. The Morgan fingerprint density at radius 2 is 2.22 bits per heavy atom. The number of hydrogen-bond acceptors (Lipinski definition) is 2. The summed E-state index contributed by atoms with van der Waals surface area (Å²) in [5.41, 5.74) is 0.803. The molecule has 2 rings (SSSR count). The zero-order valence-corrected chi connectivity index (χ0v) is 10.4. The van der Waals surface area contributed by atoms with Crippen molar-refractivity contribution in [1.29, 1.82) is 0 Å². The number of aromatic nitrogens is 2. The Labute approximate surface area is 106 Å². The molecule has 2 aromatic rings. The Hall–Kier alpha value is -1.68. The van der Waals surface area contributed by atoms with Crippen molar-refractivity contribution in [2.24, 2.45) is 0 Å². The molecule has 4 heteroatoms. The van der Waals surface area contributed by atoms with Crippen LogP contribution >= 0.6 is 0 Å². The summed E-state index contributed by atoms with van der Waals surface area (Å²) in [7, 11) is 0. The molecule has 0 bridgehead atoms. The fraction of sp³-hybridized carbons (Fsp3) is 0.357. The van der Waals surface area contributed by atoms with Gasteiger partial charge >= 0.3 is 0 Å². The normalized spacial score (nSPS) is 12.6. The third-order valence-corrected chi connectivity index (χ3v) is 2.92. The molecule has 1 aromatic carbocycles. The van der Waals surface area contributed by atoms with Crippen LogP contribution in [0.5, 0.6) is 0 Å². The van der Waals surface area contributed by atoms with Crippen LogP contribution in [0.1, 0.15) is 18.3 Å². The van der Waals surface area contributed by atoms with Gasteiger partial charge in [-0.05, 0) is 31.0 Å². The third kappa shape index (κ3) is 3.17. The van der Waals surface area contributed by atoms with Crippen molar-refractivity contribution < 1.29 is 9.50 Å². The van der Waals surface area contributed by atoms with Gasteiger partial charge in [-0.25, -0.2) is 9.37 Å². The lowest BCUT2D eigenvalue weighted by Gasteiger charge is -2.11. The van der Waals surface area contributed by atoms with Gasteiger partial charge < -0.3 is 9.67 Å². The maximum atomic E-state index is 13.0. The number of aliphatic hydroxyl groups excluding tert-OH is 1. The van der Waals surface area contributed by atoms with E-state index in [-0.39, 0.29) is 5.82 Å². The Morgan fingerprint density at radius 3 is 2.94 bits per heavy atom. The number of halogens is 1. The van der Waals surface area contributed by atoms with E-state index in [0.29, 0.717) is 12.8 Å². The first-order valence-electron chi connectivity index (χ1n) is 6.11. The molecular weight excluding hydrogens is 231 g/mol. The number of aliphatic hydroxyl groups is 1. The number of benzene rings is 1. The molecule has 1 heterocycles. The van der Waals surface area contributed by atoms with Crippen LogP contribution in [0.3, 0.4) is 0 Å². The van der Waals surface area contributed by atoms with Crippen LogP contribution < -0.4 is 0 Å². The van der Waals surface area contributed by atoms with Gasteiger partial charge in [-0.15, -0.1) is 0 Å². The van der Waals surface area contributed by atoms with E-state index in [4.69, 9.17) is 0 Å². The number of nitrogens with zero attached hydrogens (tertiary/aromatic N) is 2. The van der Waals surface area contributed by atoms with Gasteiger partial charge in [0.2, 0.25) is 0 Å². The molecule has 1 unspecified atom stereocenters. The molecule has 0 aliphatic heterocycles. The van der Waals surface area contributed by atoms with Crippen LogP contribution in [0.4, 0.5) is 4.39 Å². The van der Waals surface area contributed by atoms with Crippen molar-refractivity contribution >= 4 is 0 Å². The average Bonchev–Trinajstić information content (AvgIpc) is 2.76. The lowest BCUT2D eigenvalue weighted by atomic mass is 10.1. The summed E-state index contributed by atoms with van der Waals surface area (Å²) in [5, 5.41) is 10.0. The minimum Gasteiger partial charge on any atom is -0.392 e. The molecule has 1 N–H and O–H groups in total. The zero-order chi connectivity index (χ0) is 13.0. The second-order valence-electron chi connectivity index (χ2n) is 4.32. The molecule has 0 spiro atoms. The quantitative estimate of drug-likeness (QED) is 0.880. The minimum atomic E-state index is -0.542. The largest absolute Gasteiger partial charge is 0.392 e. The number of imidazole rings is 1. The average molecular weight is 248 g/mol. The van der Waals surface area contributed by atoms with E-state index >= 15 is 0 Å². The van der Waals surface area contributed by atoms with Gasteiger partial charge in [0, 0.05) is 25.4 Å². The molecule has 0 aliphatic rings. The van der Waals surface area contributed by atoms with Crippen LogP contribution in [-0.2, 0) is 19.4 Å². The van der Waals surface area contributed by atoms with Crippen LogP contribution in [0.2, 0.25) is 0 Å². The second-order valence-corrected chi connectivity index (χ2v) is 4.32. The van der Waals surface area contributed by atoms with Gasteiger partial charge in [-0.1, -0.05) is 12.1 Å². The minimum absolute atomic E-state index is 0.269. The number of hydrogen-bond donors (Lipinski definition) is 1. The van der Waals surface area contributed by atoms with Gasteiger partial charge in [0.15, 0.2) is 0 Å².